The predicted molar refractivity (Wildman–Crippen MR) is 120 cm³/mol. The Bertz CT molecular complexity index is 664. The van der Waals surface area contributed by atoms with Crippen LogP contribution >= 0.6 is 0 Å². The number of ether oxygens (including phenoxy) is 1. The summed E-state index contributed by atoms with van der Waals surface area (Å²) in [5.41, 5.74) is 1.51. The molecule has 6 nitrogen and oxygen atoms in total. The van der Waals surface area contributed by atoms with Gasteiger partial charge in [0.15, 0.2) is 0 Å². The van der Waals surface area contributed by atoms with Gasteiger partial charge in [0.1, 0.15) is 0 Å². The summed E-state index contributed by atoms with van der Waals surface area (Å²) >= 11 is 0. The van der Waals surface area contributed by atoms with Gasteiger partial charge < -0.3 is 14.1 Å². The minimum atomic E-state index is 0.523. The summed E-state index contributed by atoms with van der Waals surface area (Å²) in [7, 11) is 1.79. The van der Waals surface area contributed by atoms with Crippen LogP contribution in [0.3, 0.4) is 0 Å². The Labute approximate surface area is 183 Å². The Balaban J connectivity index is 1.58. The molecule has 3 rings (SSSR count). The van der Waals surface area contributed by atoms with Crippen LogP contribution in [0.4, 0.5) is 0 Å². The van der Waals surface area contributed by atoms with Crippen LogP contribution in [0.25, 0.3) is 0 Å². The van der Waals surface area contributed by atoms with Gasteiger partial charge in [-0.2, -0.15) is 0 Å². The molecule has 3 unspecified atom stereocenters. The van der Waals surface area contributed by atoms with Gasteiger partial charge in [-0.1, -0.05) is 32.4 Å². The number of methoxy groups -OCH3 is 1. The van der Waals surface area contributed by atoms with Crippen LogP contribution in [0.1, 0.15) is 52.3 Å². The van der Waals surface area contributed by atoms with Gasteiger partial charge in [-0.05, 0) is 43.4 Å². The minimum Gasteiger partial charge on any atom is -0.425 e. The molecule has 1 aliphatic heterocycles. The molecule has 0 amide bonds. The smallest absolute Gasteiger partial charge is 0.217 e. The molecule has 1 aliphatic carbocycles. The molecule has 1 saturated heterocycles. The third-order valence-corrected chi connectivity index (χ3v) is 7.02. The number of hydrogen-bond donors (Lipinski definition) is 0. The first kappa shape index (κ1) is 23.4. The van der Waals surface area contributed by atoms with Crippen molar-refractivity contribution in [1.82, 2.24) is 20.0 Å². The largest absolute Gasteiger partial charge is 0.425 e. The molecular formula is C24H42N4O2. The number of allylic oxidation sites excluding steroid dienone is 1. The van der Waals surface area contributed by atoms with E-state index in [9.17, 15) is 0 Å². The Morgan fingerprint density at radius 1 is 1.13 bits per heavy atom. The predicted octanol–water partition coefficient (Wildman–Crippen LogP) is 3.68. The fourth-order valence-electron chi connectivity index (χ4n) is 5.10. The molecular weight excluding hydrogens is 376 g/mol. The van der Waals surface area contributed by atoms with Gasteiger partial charge in [-0.25, -0.2) is 0 Å². The van der Waals surface area contributed by atoms with Crippen molar-refractivity contribution in [3.05, 3.63) is 23.4 Å². The van der Waals surface area contributed by atoms with Gasteiger partial charge in [0.2, 0.25) is 11.8 Å². The van der Waals surface area contributed by atoms with Crippen LogP contribution in [0.2, 0.25) is 0 Å². The molecule has 2 aliphatic rings. The molecule has 170 valence electrons. The van der Waals surface area contributed by atoms with Crippen molar-refractivity contribution in [1.29, 1.82) is 0 Å². The normalized spacial score (nSPS) is 26.3. The quantitative estimate of drug-likeness (QED) is 0.540. The Morgan fingerprint density at radius 3 is 2.50 bits per heavy atom. The monoisotopic (exact) mass is 418 g/mol. The topological polar surface area (TPSA) is 54.6 Å². The standard InChI is InChI=1S/C24H42N4O2/c1-6-7-23-25-26-24(30-23)16-20-15-22(18(2)3)21(14-19(20)4)17-28-10-8-27(9-11-28)12-13-29-5/h14,18,20-22H,6-13,15-17H2,1-5H3. The van der Waals surface area contributed by atoms with Crippen molar-refractivity contribution >= 4 is 0 Å². The van der Waals surface area contributed by atoms with Gasteiger partial charge in [0.25, 0.3) is 0 Å². The molecule has 0 N–H and O–H groups in total. The molecule has 0 bridgehead atoms. The Kier molecular flexibility index (Phi) is 8.90. The average molecular weight is 419 g/mol. The highest BCUT2D eigenvalue weighted by atomic mass is 16.5. The van der Waals surface area contributed by atoms with Gasteiger partial charge >= 0.3 is 0 Å². The molecule has 1 aromatic heterocycles. The molecule has 0 radical (unpaired) electrons. The zero-order chi connectivity index (χ0) is 21.5. The second-order valence-electron chi connectivity index (χ2n) is 9.59. The summed E-state index contributed by atoms with van der Waals surface area (Å²) in [5, 5.41) is 8.52. The highest BCUT2D eigenvalue weighted by Gasteiger charge is 2.34. The molecule has 6 heteroatoms. The molecule has 1 fully saturated rings. The van der Waals surface area contributed by atoms with E-state index in [1.54, 1.807) is 7.11 Å². The average Bonchev–Trinajstić information content (AvgIpc) is 3.16. The summed E-state index contributed by atoms with van der Waals surface area (Å²) in [6.07, 6.45) is 6.60. The first-order chi connectivity index (χ1) is 14.5. The summed E-state index contributed by atoms with van der Waals surface area (Å²) in [5.74, 6) is 4.16. The van der Waals surface area contributed by atoms with Crippen LogP contribution in [0.15, 0.2) is 16.1 Å². The van der Waals surface area contributed by atoms with E-state index in [2.05, 4.69) is 53.8 Å². The Hall–Kier alpha value is -1.24. The maximum Gasteiger partial charge on any atom is 0.217 e. The number of piperazine rings is 1. The lowest BCUT2D eigenvalue weighted by atomic mass is 9.69. The third-order valence-electron chi connectivity index (χ3n) is 7.02. The molecule has 0 spiro atoms. The maximum atomic E-state index is 5.89. The van der Waals surface area contributed by atoms with E-state index < -0.39 is 0 Å². The summed E-state index contributed by atoms with van der Waals surface area (Å²) < 4.78 is 11.1. The number of aromatic nitrogens is 2. The second-order valence-corrected chi connectivity index (χ2v) is 9.59. The zero-order valence-corrected chi connectivity index (χ0v) is 19.8. The van der Waals surface area contributed by atoms with Crippen LogP contribution < -0.4 is 0 Å². The van der Waals surface area contributed by atoms with Crippen LogP contribution in [-0.4, -0.2) is 73.0 Å². The van der Waals surface area contributed by atoms with Crippen molar-refractivity contribution in [3.63, 3.8) is 0 Å². The van der Waals surface area contributed by atoms with Gasteiger partial charge in [-0.15, -0.1) is 10.2 Å². The summed E-state index contributed by atoms with van der Waals surface area (Å²) in [6, 6.07) is 0. The van der Waals surface area contributed by atoms with E-state index in [0.29, 0.717) is 23.7 Å². The van der Waals surface area contributed by atoms with Crippen molar-refractivity contribution in [2.75, 3.05) is 53.0 Å². The van der Waals surface area contributed by atoms with Crippen molar-refractivity contribution in [2.45, 2.75) is 53.4 Å². The van der Waals surface area contributed by atoms with Crippen LogP contribution in [0.5, 0.6) is 0 Å². The maximum absolute atomic E-state index is 5.89. The van der Waals surface area contributed by atoms with E-state index in [1.807, 2.05) is 0 Å². The second kappa shape index (κ2) is 11.4. The van der Waals surface area contributed by atoms with Crippen molar-refractivity contribution in [2.24, 2.45) is 23.7 Å². The molecule has 30 heavy (non-hydrogen) atoms. The van der Waals surface area contributed by atoms with Crippen molar-refractivity contribution < 1.29 is 9.15 Å². The van der Waals surface area contributed by atoms with Crippen LogP contribution in [-0.2, 0) is 17.6 Å². The number of nitrogens with zero attached hydrogens (tertiary/aromatic N) is 4. The van der Waals surface area contributed by atoms with E-state index in [1.165, 1.54) is 31.6 Å². The fraction of sp³-hybridized carbons (Fsp3) is 0.833. The first-order valence-corrected chi connectivity index (χ1v) is 11.9. The first-order valence-electron chi connectivity index (χ1n) is 11.9. The van der Waals surface area contributed by atoms with E-state index in [0.717, 1.165) is 57.3 Å². The highest BCUT2D eigenvalue weighted by Crippen LogP contribution is 2.39. The van der Waals surface area contributed by atoms with Gasteiger partial charge in [-0.3, -0.25) is 4.90 Å². The lowest BCUT2D eigenvalue weighted by Crippen LogP contribution is -2.49. The lowest BCUT2D eigenvalue weighted by Gasteiger charge is -2.41. The van der Waals surface area contributed by atoms with Crippen molar-refractivity contribution in [3.8, 4) is 0 Å². The Morgan fingerprint density at radius 2 is 1.83 bits per heavy atom. The molecule has 0 saturated carbocycles. The molecule has 3 atom stereocenters. The SMILES string of the molecule is CCCc1nnc(CC2CC(C(C)C)C(CN3CCN(CCOC)CC3)C=C2C)o1. The fourth-order valence-corrected chi connectivity index (χ4v) is 5.10. The number of aryl methyl sites for hydroxylation is 1. The highest BCUT2D eigenvalue weighted by molar-refractivity contribution is 5.14. The molecule has 1 aromatic rings. The zero-order valence-electron chi connectivity index (χ0n) is 19.8. The van der Waals surface area contributed by atoms with Gasteiger partial charge in [0.05, 0.1) is 6.61 Å². The van der Waals surface area contributed by atoms with E-state index in [4.69, 9.17) is 9.15 Å². The summed E-state index contributed by atoms with van der Waals surface area (Å²) in [6.45, 7) is 17.0. The number of rotatable bonds is 10. The van der Waals surface area contributed by atoms with E-state index in [-0.39, 0.29) is 0 Å². The minimum absolute atomic E-state index is 0.523. The third kappa shape index (κ3) is 6.38. The summed E-state index contributed by atoms with van der Waals surface area (Å²) in [4.78, 5) is 5.19. The number of hydrogen-bond acceptors (Lipinski definition) is 6. The molecule has 2 heterocycles. The lowest BCUT2D eigenvalue weighted by molar-refractivity contribution is 0.0798. The van der Waals surface area contributed by atoms with Crippen LogP contribution in [0, 0.1) is 23.7 Å². The molecule has 0 aromatic carbocycles. The van der Waals surface area contributed by atoms with Gasteiger partial charge in [0, 0.05) is 59.2 Å². The van der Waals surface area contributed by atoms with E-state index >= 15 is 0 Å².